The molecule has 0 amide bonds. The number of nitrogens with zero attached hydrogens (tertiary/aromatic N) is 4. The van der Waals surface area contributed by atoms with E-state index in [1.54, 1.807) is 23.0 Å². The molecule has 0 saturated carbocycles. The minimum absolute atomic E-state index is 0.476. The van der Waals surface area contributed by atoms with E-state index in [2.05, 4.69) is 20.4 Å². The molecule has 0 fully saturated rings. The zero-order valence-corrected chi connectivity index (χ0v) is 12.7. The van der Waals surface area contributed by atoms with Crippen molar-refractivity contribution in [2.45, 2.75) is 0 Å². The summed E-state index contributed by atoms with van der Waals surface area (Å²) < 4.78 is 1.73. The van der Waals surface area contributed by atoms with Crippen LogP contribution in [0.1, 0.15) is 0 Å². The van der Waals surface area contributed by atoms with Crippen molar-refractivity contribution in [2.24, 2.45) is 0 Å². The highest BCUT2D eigenvalue weighted by Crippen LogP contribution is 2.26. The van der Waals surface area contributed by atoms with Gasteiger partial charge in [0.25, 0.3) is 0 Å². The number of aromatic nitrogens is 4. The number of hydrogen-bond acceptors (Lipinski definition) is 5. The van der Waals surface area contributed by atoms with E-state index in [0.717, 1.165) is 22.5 Å². The topological polar surface area (TPSA) is 81.1 Å². The number of nitrogens with two attached hydrogens (primary N) is 1. The number of hydrogen-bond donors (Lipinski definition) is 2. The van der Waals surface area contributed by atoms with Gasteiger partial charge in [0.15, 0.2) is 5.65 Å². The second kappa shape index (κ2) is 5.70. The van der Waals surface area contributed by atoms with E-state index in [9.17, 15) is 0 Å². The Morgan fingerprint density at radius 2 is 2.00 bits per heavy atom. The van der Waals surface area contributed by atoms with Crippen molar-refractivity contribution in [3.05, 3.63) is 61.1 Å². The Morgan fingerprint density at radius 1 is 1.08 bits per heavy atom. The number of rotatable bonds is 3. The largest absolute Gasteiger partial charge is 0.399 e. The van der Waals surface area contributed by atoms with Crippen LogP contribution in [0.5, 0.6) is 0 Å². The molecular weight excluding hydrogens is 299 g/mol. The van der Waals surface area contributed by atoms with Crippen molar-refractivity contribution in [3.8, 4) is 11.1 Å². The molecule has 0 unspecified atom stereocenters. The Morgan fingerprint density at radius 3 is 2.79 bits per heavy atom. The van der Waals surface area contributed by atoms with Crippen LogP contribution in [-0.4, -0.2) is 27.4 Å². The van der Waals surface area contributed by atoms with Crippen molar-refractivity contribution in [1.82, 2.24) is 19.6 Å². The third-order valence-electron chi connectivity index (χ3n) is 3.63. The summed E-state index contributed by atoms with van der Waals surface area (Å²) in [6, 6.07) is 13.1. The molecule has 114 valence electrons. The molecule has 0 bridgehead atoms. The van der Waals surface area contributed by atoms with Crippen LogP contribution in [0.25, 0.3) is 16.8 Å². The number of nitrogens with one attached hydrogen (secondary N) is 1. The Balaban J connectivity index is 1.74. The SMILES string of the molecule is [B]c1ccc(Nc2ccn3ncc(-c4cccc(N)c4)c3n2)cn1. The summed E-state index contributed by atoms with van der Waals surface area (Å²) in [7, 11) is 5.60. The first-order valence-corrected chi connectivity index (χ1v) is 7.38. The van der Waals surface area contributed by atoms with Gasteiger partial charge < -0.3 is 11.1 Å². The normalized spacial score (nSPS) is 10.8. The molecule has 3 heterocycles. The van der Waals surface area contributed by atoms with Gasteiger partial charge in [-0.05, 0) is 41.5 Å². The van der Waals surface area contributed by atoms with Crippen LogP contribution in [0.3, 0.4) is 0 Å². The first-order chi connectivity index (χ1) is 11.7. The number of anilines is 3. The quantitative estimate of drug-likeness (QED) is 0.446. The summed E-state index contributed by atoms with van der Waals surface area (Å²) in [5.74, 6) is 0.694. The lowest BCUT2D eigenvalue weighted by atomic mass is 10.0. The highest BCUT2D eigenvalue weighted by molar-refractivity contribution is 6.30. The smallest absolute Gasteiger partial charge is 0.165 e. The van der Waals surface area contributed by atoms with Gasteiger partial charge in [0.1, 0.15) is 13.7 Å². The molecular formula is C17H13BN6. The van der Waals surface area contributed by atoms with Crippen molar-refractivity contribution in [1.29, 1.82) is 0 Å². The summed E-state index contributed by atoms with van der Waals surface area (Å²) in [4.78, 5) is 8.71. The van der Waals surface area contributed by atoms with Gasteiger partial charge >= 0.3 is 0 Å². The van der Waals surface area contributed by atoms with E-state index >= 15 is 0 Å². The van der Waals surface area contributed by atoms with Gasteiger partial charge in [-0.3, -0.25) is 4.98 Å². The van der Waals surface area contributed by atoms with Gasteiger partial charge in [0.2, 0.25) is 0 Å². The summed E-state index contributed by atoms with van der Waals surface area (Å²) in [6.07, 6.45) is 5.30. The molecule has 7 heteroatoms. The van der Waals surface area contributed by atoms with Crippen LogP contribution < -0.4 is 16.6 Å². The fourth-order valence-electron chi connectivity index (χ4n) is 2.48. The first-order valence-electron chi connectivity index (χ1n) is 7.38. The lowest BCUT2D eigenvalue weighted by Gasteiger charge is -2.07. The zero-order chi connectivity index (χ0) is 16.5. The number of pyridine rings is 1. The molecule has 1 aromatic carbocycles. The van der Waals surface area contributed by atoms with Crippen molar-refractivity contribution >= 4 is 36.3 Å². The third-order valence-corrected chi connectivity index (χ3v) is 3.63. The molecule has 0 saturated heterocycles. The lowest BCUT2D eigenvalue weighted by molar-refractivity contribution is 0.941. The van der Waals surface area contributed by atoms with Gasteiger partial charge in [-0.15, -0.1) is 0 Å². The molecule has 0 aliphatic carbocycles. The molecule has 0 aliphatic rings. The minimum atomic E-state index is 0.476. The second-order valence-corrected chi connectivity index (χ2v) is 5.36. The van der Waals surface area contributed by atoms with Gasteiger partial charge in [0, 0.05) is 23.6 Å². The highest BCUT2D eigenvalue weighted by atomic mass is 15.2. The van der Waals surface area contributed by atoms with Crippen LogP contribution in [-0.2, 0) is 0 Å². The Bertz CT molecular complexity index is 1010. The predicted molar refractivity (Wildman–Crippen MR) is 95.7 cm³/mol. The average Bonchev–Trinajstić information content (AvgIpc) is 3.00. The molecule has 4 rings (SSSR count). The molecule has 0 spiro atoms. The maximum atomic E-state index is 5.88. The van der Waals surface area contributed by atoms with Gasteiger partial charge in [-0.1, -0.05) is 12.1 Å². The van der Waals surface area contributed by atoms with E-state index in [1.165, 1.54) is 0 Å². The minimum Gasteiger partial charge on any atom is -0.399 e. The molecule has 6 nitrogen and oxygen atoms in total. The Hall–Kier alpha value is -3.35. The number of nitrogen functional groups attached to an aromatic ring is 1. The summed E-state index contributed by atoms with van der Waals surface area (Å²) in [5, 5.41) is 7.55. The number of benzene rings is 1. The average molecular weight is 312 g/mol. The van der Waals surface area contributed by atoms with Crippen LogP contribution in [0, 0.1) is 0 Å². The molecule has 4 aromatic rings. The standard InChI is InChI=1S/C17H13BN6/c18-15-5-4-13(9-20-15)22-16-6-7-24-17(23-16)14(10-21-24)11-2-1-3-12(19)8-11/h1-10H,19H2,(H,22,23). The maximum absolute atomic E-state index is 5.88. The van der Waals surface area contributed by atoms with E-state index in [0.29, 0.717) is 17.1 Å². The summed E-state index contributed by atoms with van der Waals surface area (Å²) in [5.41, 5.74) is 10.5. The van der Waals surface area contributed by atoms with Crippen molar-refractivity contribution < 1.29 is 0 Å². The van der Waals surface area contributed by atoms with Crippen LogP contribution >= 0.6 is 0 Å². The van der Waals surface area contributed by atoms with E-state index in [-0.39, 0.29) is 0 Å². The fourth-order valence-corrected chi connectivity index (χ4v) is 2.48. The monoisotopic (exact) mass is 312 g/mol. The van der Waals surface area contributed by atoms with Gasteiger partial charge in [-0.25, -0.2) is 9.50 Å². The zero-order valence-electron chi connectivity index (χ0n) is 12.7. The summed E-state index contributed by atoms with van der Waals surface area (Å²) in [6.45, 7) is 0. The molecule has 2 radical (unpaired) electrons. The van der Waals surface area contributed by atoms with Gasteiger partial charge in [0.05, 0.1) is 11.9 Å². The maximum Gasteiger partial charge on any atom is 0.165 e. The molecule has 3 aromatic heterocycles. The lowest BCUT2D eigenvalue weighted by Crippen LogP contribution is -2.07. The van der Waals surface area contributed by atoms with Crippen molar-refractivity contribution in [3.63, 3.8) is 0 Å². The van der Waals surface area contributed by atoms with E-state index < -0.39 is 0 Å². The highest BCUT2D eigenvalue weighted by Gasteiger charge is 2.09. The second-order valence-electron chi connectivity index (χ2n) is 5.36. The van der Waals surface area contributed by atoms with Crippen LogP contribution in [0.15, 0.2) is 61.1 Å². The predicted octanol–water partition coefficient (Wildman–Crippen LogP) is 1.91. The third kappa shape index (κ3) is 2.67. The first kappa shape index (κ1) is 14.3. The molecule has 0 atom stereocenters. The van der Waals surface area contributed by atoms with Crippen LogP contribution in [0.2, 0.25) is 0 Å². The van der Waals surface area contributed by atoms with Crippen LogP contribution in [0.4, 0.5) is 17.2 Å². The summed E-state index contributed by atoms with van der Waals surface area (Å²) >= 11 is 0. The van der Waals surface area contributed by atoms with E-state index in [1.807, 2.05) is 42.6 Å². The molecule has 3 N–H and O–H groups in total. The molecule has 24 heavy (non-hydrogen) atoms. The Kier molecular flexibility index (Phi) is 3.38. The Labute approximate surface area is 139 Å². The van der Waals surface area contributed by atoms with Crippen molar-refractivity contribution in [2.75, 3.05) is 11.1 Å². The number of fused-ring (bicyclic) bond motifs is 1. The van der Waals surface area contributed by atoms with Gasteiger partial charge in [-0.2, -0.15) is 5.10 Å². The fraction of sp³-hybridized carbons (Fsp3) is 0. The van der Waals surface area contributed by atoms with E-state index in [4.69, 9.17) is 13.6 Å². The molecule has 0 aliphatic heterocycles.